The Hall–Kier alpha value is -2.29. The Kier molecular flexibility index (Phi) is 4.18. The first-order chi connectivity index (χ1) is 13.2. The number of hydrogen-bond acceptors (Lipinski definition) is 6. The van der Waals surface area contributed by atoms with E-state index >= 15 is 0 Å². The van der Waals surface area contributed by atoms with E-state index < -0.39 is 0 Å². The van der Waals surface area contributed by atoms with Gasteiger partial charge < -0.3 is 19.4 Å². The summed E-state index contributed by atoms with van der Waals surface area (Å²) in [6.07, 6.45) is 4.99. The number of pyridine rings is 1. The Balaban J connectivity index is 1.60. The number of carbonyl (C=O) groups excluding carboxylic acids is 1. The van der Waals surface area contributed by atoms with Crippen molar-refractivity contribution >= 4 is 34.0 Å². The summed E-state index contributed by atoms with van der Waals surface area (Å²) in [4.78, 5) is 20.7. The van der Waals surface area contributed by atoms with Gasteiger partial charge in [-0.1, -0.05) is 0 Å². The average molecular weight is 384 g/mol. The van der Waals surface area contributed by atoms with Gasteiger partial charge in [0.2, 0.25) is 5.91 Å². The van der Waals surface area contributed by atoms with Crippen LogP contribution in [-0.2, 0) is 14.3 Å². The fourth-order valence-electron chi connectivity index (χ4n) is 3.62. The maximum absolute atomic E-state index is 11.4. The third kappa shape index (κ3) is 3.03. The first kappa shape index (κ1) is 16.9. The second-order valence-corrected chi connectivity index (χ2v) is 7.91. The lowest BCUT2D eigenvalue weighted by Gasteiger charge is -2.28. The highest BCUT2D eigenvalue weighted by Gasteiger charge is 2.26. The molecule has 2 fully saturated rings. The van der Waals surface area contributed by atoms with E-state index in [2.05, 4.69) is 26.4 Å². The zero-order valence-electron chi connectivity index (χ0n) is 15.0. The summed E-state index contributed by atoms with van der Waals surface area (Å²) in [5.41, 5.74) is 3.21. The third-order valence-corrected chi connectivity index (χ3v) is 6.03. The van der Waals surface area contributed by atoms with E-state index in [1.165, 1.54) is 6.92 Å². The molecule has 0 bridgehead atoms. The average Bonchev–Trinajstić information content (AvgIpc) is 3.32. The predicted molar refractivity (Wildman–Crippen MR) is 103 cm³/mol. The minimum Gasteiger partial charge on any atom is -0.381 e. The Morgan fingerprint density at radius 2 is 2.22 bits per heavy atom. The largest absolute Gasteiger partial charge is 0.381 e. The number of hydrogen-bond donors (Lipinski definition) is 1. The van der Waals surface area contributed by atoms with E-state index in [9.17, 15) is 4.79 Å². The topological polar surface area (TPSA) is 78.3 Å². The van der Waals surface area contributed by atoms with E-state index in [0.29, 0.717) is 31.0 Å². The summed E-state index contributed by atoms with van der Waals surface area (Å²) < 4.78 is 13.1. The molecule has 0 aliphatic carbocycles. The number of nitrogens with one attached hydrogen (secondary N) is 1. The standard InChI is InChI=1S/C19H20N4O3S/c1-11(24)21-18-4-14-15(6-23(13-8-26-9-13)17(14)5-20-18)19-22-16(10-27-19)12-2-3-25-7-12/h4-6,10,12-13H,2-3,7-9H2,1H3,(H,20,21,24). The molecule has 7 nitrogen and oxygen atoms in total. The normalized spacial score (nSPS) is 20.1. The van der Waals surface area contributed by atoms with Gasteiger partial charge in [0.05, 0.1) is 43.3 Å². The lowest BCUT2D eigenvalue weighted by molar-refractivity contribution is -0.114. The van der Waals surface area contributed by atoms with Crippen molar-refractivity contribution in [2.75, 3.05) is 31.7 Å². The Bertz CT molecular complexity index is 1000. The van der Waals surface area contributed by atoms with Crippen molar-refractivity contribution in [1.82, 2.24) is 14.5 Å². The summed E-state index contributed by atoms with van der Waals surface area (Å²) in [7, 11) is 0. The van der Waals surface area contributed by atoms with Gasteiger partial charge in [0, 0.05) is 42.0 Å². The summed E-state index contributed by atoms with van der Waals surface area (Å²) in [5, 5.41) is 6.95. The van der Waals surface area contributed by atoms with Crippen molar-refractivity contribution in [3.63, 3.8) is 0 Å². The fourth-order valence-corrected chi connectivity index (χ4v) is 4.54. The van der Waals surface area contributed by atoms with E-state index in [4.69, 9.17) is 14.5 Å². The minimum absolute atomic E-state index is 0.131. The van der Waals surface area contributed by atoms with Gasteiger partial charge in [0.1, 0.15) is 10.8 Å². The molecule has 2 aliphatic rings. The highest BCUT2D eigenvalue weighted by atomic mass is 32.1. The van der Waals surface area contributed by atoms with Crippen molar-refractivity contribution in [1.29, 1.82) is 0 Å². The SMILES string of the molecule is CC(=O)Nc1cc2c(-c3nc(C4CCOC4)cs3)cn(C3COC3)c2cn1. The quantitative estimate of drug-likeness (QED) is 0.747. The fraction of sp³-hybridized carbons (Fsp3) is 0.421. The number of rotatable bonds is 4. The molecule has 0 saturated carbocycles. The second kappa shape index (κ2) is 6.70. The molecule has 140 valence electrons. The highest BCUT2D eigenvalue weighted by Crippen LogP contribution is 2.38. The molecule has 2 aliphatic heterocycles. The van der Waals surface area contributed by atoms with E-state index in [0.717, 1.165) is 46.8 Å². The van der Waals surface area contributed by atoms with Gasteiger partial charge in [-0.25, -0.2) is 9.97 Å². The Morgan fingerprint density at radius 1 is 1.33 bits per heavy atom. The molecule has 5 heterocycles. The number of nitrogens with zero attached hydrogens (tertiary/aromatic N) is 3. The minimum atomic E-state index is -0.131. The van der Waals surface area contributed by atoms with Crippen LogP contribution in [-0.4, -0.2) is 46.9 Å². The van der Waals surface area contributed by atoms with E-state index in [-0.39, 0.29) is 5.91 Å². The smallest absolute Gasteiger partial charge is 0.222 e. The molecule has 3 aromatic heterocycles. The number of fused-ring (bicyclic) bond motifs is 1. The first-order valence-corrected chi connectivity index (χ1v) is 9.96. The van der Waals surface area contributed by atoms with Gasteiger partial charge in [-0.05, 0) is 12.5 Å². The molecule has 1 N–H and O–H groups in total. The Labute approximate surface area is 160 Å². The zero-order valence-corrected chi connectivity index (χ0v) is 15.8. The number of anilines is 1. The molecule has 1 unspecified atom stereocenters. The van der Waals surface area contributed by atoms with Crippen molar-refractivity contribution in [3.8, 4) is 10.6 Å². The lowest BCUT2D eigenvalue weighted by atomic mass is 10.1. The van der Waals surface area contributed by atoms with Crippen LogP contribution in [0.5, 0.6) is 0 Å². The number of thiazole rings is 1. The molecule has 0 aromatic carbocycles. The van der Waals surface area contributed by atoms with Gasteiger partial charge >= 0.3 is 0 Å². The van der Waals surface area contributed by atoms with Gasteiger partial charge in [-0.15, -0.1) is 11.3 Å². The first-order valence-electron chi connectivity index (χ1n) is 9.08. The molecule has 1 amide bonds. The van der Waals surface area contributed by atoms with Crippen LogP contribution in [0.1, 0.15) is 31.0 Å². The van der Waals surface area contributed by atoms with Crippen LogP contribution in [0.3, 0.4) is 0 Å². The van der Waals surface area contributed by atoms with E-state index in [1.807, 2.05) is 12.3 Å². The molecule has 27 heavy (non-hydrogen) atoms. The molecule has 2 saturated heterocycles. The van der Waals surface area contributed by atoms with E-state index in [1.54, 1.807) is 11.3 Å². The van der Waals surface area contributed by atoms with Crippen LogP contribution in [0.15, 0.2) is 23.8 Å². The van der Waals surface area contributed by atoms with Gasteiger partial charge in [0.15, 0.2) is 0 Å². The molecule has 8 heteroatoms. The van der Waals surface area contributed by atoms with Gasteiger partial charge in [-0.2, -0.15) is 0 Å². The van der Waals surface area contributed by atoms with Crippen molar-refractivity contribution in [2.24, 2.45) is 0 Å². The molecular formula is C19H20N4O3S. The molecular weight excluding hydrogens is 364 g/mol. The summed E-state index contributed by atoms with van der Waals surface area (Å²) in [6, 6.07) is 2.25. The van der Waals surface area contributed by atoms with Crippen LogP contribution in [0.2, 0.25) is 0 Å². The molecule has 3 aromatic rings. The van der Waals surface area contributed by atoms with Crippen LogP contribution >= 0.6 is 11.3 Å². The van der Waals surface area contributed by atoms with Gasteiger partial charge in [0.25, 0.3) is 0 Å². The molecule has 0 spiro atoms. The van der Waals surface area contributed by atoms with Crippen LogP contribution in [0.25, 0.3) is 21.5 Å². The number of carbonyl (C=O) groups is 1. The van der Waals surface area contributed by atoms with Crippen LogP contribution in [0, 0.1) is 0 Å². The molecule has 1 atom stereocenters. The highest BCUT2D eigenvalue weighted by molar-refractivity contribution is 7.13. The second-order valence-electron chi connectivity index (χ2n) is 7.05. The molecule has 0 radical (unpaired) electrons. The summed E-state index contributed by atoms with van der Waals surface area (Å²) in [5.74, 6) is 0.813. The Morgan fingerprint density at radius 3 is 2.93 bits per heavy atom. The predicted octanol–water partition coefficient (Wildman–Crippen LogP) is 3.19. The maximum Gasteiger partial charge on any atom is 0.222 e. The van der Waals surface area contributed by atoms with Crippen molar-refractivity contribution < 1.29 is 14.3 Å². The number of ether oxygens (including phenoxy) is 2. The summed E-state index contributed by atoms with van der Waals surface area (Å²) in [6.45, 7) is 4.46. The lowest BCUT2D eigenvalue weighted by Crippen LogP contribution is -2.30. The summed E-state index contributed by atoms with van der Waals surface area (Å²) >= 11 is 1.66. The van der Waals surface area contributed by atoms with Crippen molar-refractivity contribution in [3.05, 3.63) is 29.5 Å². The van der Waals surface area contributed by atoms with Crippen LogP contribution < -0.4 is 5.32 Å². The monoisotopic (exact) mass is 384 g/mol. The maximum atomic E-state index is 11.4. The number of amides is 1. The van der Waals surface area contributed by atoms with Crippen molar-refractivity contribution in [2.45, 2.75) is 25.3 Å². The third-order valence-electron chi connectivity index (χ3n) is 5.14. The van der Waals surface area contributed by atoms with Crippen LogP contribution in [0.4, 0.5) is 5.82 Å². The number of aromatic nitrogens is 3. The zero-order chi connectivity index (χ0) is 18.4. The molecule has 5 rings (SSSR count). The van der Waals surface area contributed by atoms with Gasteiger partial charge in [-0.3, -0.25) is 4.79 Å².